The van der Waals surface area contributed by atoms with Gasteiger partial charge in [-0.3, -0.25) is 8.97 Å². The molecule has 0 fully saturated rings. The minimum Gasteiger partial charge on any atom is -0.320 e. The Morgan fingerprint density at radius 1 is 1.33 bits per heavy atom. The summed E-state index contributed by atoms with van der Waals surface area (Å²) in [7, 11) is -4.37. The van der Waals surface area contributed by atoms with E-state index in [-0.39, 0.29) is 11.3 Å². The second-order valence-corrected chi connectivity index (χ2v) is 5.06. The molecular formula is C8H7N6O3P. The minimum absolute atomic E-state index is 0.137. The number of fused-ring (bicyclic) bond motifs is 1. The highest BCUT2D eigenvalue weighted by molar-refractivity contribution is 7.60. The van der Waals surface area contributed by atoms with E-state index in [1.54, 1.807) is 6.07 Å². The van der Waals surface area contributed by atoms with E-state index in [0.717, 1.165) is 0 Å². The molecule has 0 amide bonds. The van der Waals surface area contributed by atoms with Gasteiger partial charge in [0.15, 0.2) is 0 Å². The zero-order chi connectivity index (χ0) is 12.8. The van der Waals surface area contributed by atoms with Crippen LogP contribution < -0.4 is 5.44 Å². The number of aromatic nitrogens is 6. The lowest BCUT2D eigenvalue weighted by atomic mass is 10.5. The molecule has 3 heterocycles. The Labute approximate surface area is 99.7 Å². The molecule has 0 spiro atoms. The molecular weight excluding hydrogens is 259 g/mol. The van der Waals surface area contributed by atoms with Gasteiger partial charge in [-0.05, 0) is 17.3 Å². The first-order valence-corrected chi connectivity index (χ1v) is 6.45. The molecule has 3 aromatic rings. The van der Waals surface area contributed by atoms with Gasteiger partial charge in [0.05, 0.1) is 0 Å². The van der Waals surface area contributed by atoms with Crippen molar-refractivity contribution in [3.05, 3.63) is 24.4 Å². The summed E-state index contributed by atoms with van der Waals surface area (Å²) in [6.07, 6.45) is 1.45. The smallest absolute Gasteiger partial charge is 0.320 e. The first kappa shape index (κ1) is 11.0. The fourth-order valence-corrected chi connectivity index (χ4v) is 2.33. The van der Waals surface area contributed by atoms with Crippen LogP contribution in [0.2, 0.25) is 0 Å². The van der Waals surface area contributed by atoms with Crippen molar-refractivity contribution < 1.29 is 14.4 Å². The van der Waals surface area contributed by atoms with Crippen LogP contribution in [0, 0.1) is 0 Å². The molecule has 18 heavy (non-hydrogen) atoms. The maximum Gasteiger partial charge on any atom is 0.372 e. The monoisotopic (exact) mass is 266 g/mol. The van der Waals surface area contributed by atoms with Crippen LogP contribution in [-0.4, -0.2) is 39.8 Å². The number of nitrogens with one attached hydrogen (secondary N) is 1. The highest BCUT2D eigenvalue weighted by atomic mass is 31.2. The Morgan fingerprint density at radius 2 is 2.17 bits per heavy atom. The van der Waals surface area contributed by atoms with Crippen molar-refractivity contribution in [1.82, 2.24) is 30.0 Å². The molecule has 0 aliphatic carbocycles. The SMILES string of the molecule is O=P(O)(O)c1cccc2nc(-c3nn[nH]n3)cn12. The summed E-state index contributed by atoms with van der Waals surface area (Å²) < 4.78 is 12.7. The number of hydrogen-bond donors (Lipinski definition) is 3. The van der Waals surface area contributed by atoms with E-state index in [0.29, 0.717) is 11.3 Å². The lowest BCUT2D eigenvalue weighted by Crippen LogP contribution is -2.13. The summed E-state index contributed by atoms with van der Waals surface area (Å²) in [5, 5.41) is 13.2. The molecule has 0 saturated carbocycles. The van der Waals surface area contributed by atoms with E-state index in [1.165, 1.54) is 22.7 Å². The summed E-state index contributed by atoms with van der Waals surface area (Å²) in [6, 6.07) is 4.50. The van der Waals surface area contributed by atoms with Crippen molar-refractivity contribution in [2.75, 3.05) is 0 Å². The zero-order valence-electron chi connectivity index (χ0n) is 8.80. The summed E-state index contributed by atoms with van der Waals surface area (Å²) in [6.45, 7) is 0. The van der Waals surface area contributed by atoms with Crippen molar-refractivity contribution in [1.29, 1.82) is 0 Å². The van der Waals surface area contributed by atoms with E-state index in [9.17, 15) is 14.4 Å². The van der Waals surface area contributed by atoms with Crippen LogP contribution in [0.3, 0.4) is 0 Å². The summed E-state index contributed by atoms with van der Waals surface area (Å²) in [5.41, 5.74) is 0.641. The molecule has 0 atom stereocenters. The molecule has 3 aromatic heterocycles. The molecule has 0 unspecified atom stereocenters. The van der Waals surface area contributed by atoms with Gasteiger partial charge in [0.1, 0.15) is 16.8 Å². The van der Waals surface area contributed by atoms with Crippen LogP contribution in [0.5, 0.6) is 0 Å². The highest BCUT2D eigenvalue weighted by Crippen LogP contribution is 2.33. The van der Waals surface area contributed by atoms with Gasteiger partial charge in [0.2, 0.25) is 5.82 Å². The molecule has 3 rings (SSSR count). The molecule has 0 aliphatic heterocycles. The first-order chi connectivity index (χ1) is 8.55. The van der Waals surface area contributed by atoms with Gasteiger partial charge in [0.25, 0.3) is 0 Å². The third-order valence-electron chi connectivity index (χ3n) is 2.34. The van der Waals surface area contributed by atoms with Gasteiger partial charge < -0.3 is 9.79 Å². The summed E-state index contributed by atoms with van der Waals surface area (Å²) >= 11 is 0. The van der Waals surface area contributed by atoms with Crippen molar-refractivity contribution in [3.8, 4) is 11.5 Å². The maximum atomic E-state index is 11.3. The van der Waals surface area contributed by atoms with Gasteiger partial charge >= 0.3 is 7.60 Å². The average Bonchev–Trinajstić information content (AvgIpc) is 2.95. The van der Waals surface area contributed by atoms with Crippen LogP contribution >= 0.6 is 7.60 Å². The largest absolute Gasteiger partial charge is 0.372 e. The molecule has 3 N–H and O–H groups in total. The third kappa shape index (κ3) is 1.70. The van der Waals surface area contributed by atoms with Gasteiger partial charge in [0, 0.05) is 6.20 Å². The maximum absolute atomic E-state index is 11.3. The first-order valence-electron chi connectivity index (χ1n) is 4.84. The zero-order valence-corrected chi connectivity index (χ0v) is 9.69. The van der Waals surface area contributed by atoms with Crippen LogP contribution in [0.4, 0.5) is 0 Å². The predicted octanol–water partition coefficient (Wildman–Crippen LogP) is -0.683. The fourth-order valence-electron chi connectivity index (χ4n) is 1.61. The molecule has 10 heteroatoms. The van der Waals surface area contributed by atoms with Crippen LogP contribution in [-0.2, 0) is 4.57 Å². The summed E-state index contributed by atoms with van der Waals surface area (Å²) in [5.74, 6) is 0.260. The van der Waals surface area contributed by atoms with Crippen molar-refractivity contribution >= 4 is 18.7 Å². The Kier molecular flexibility index (Phi) is 2.27. The average molecular weight is 266 g/mol. The Hall–Kier alpha value is -2.09. The molecule has 0 aliphatic rings. The van der Waals surface area contributed by atoms with Crippen molar-refractivity contribution in [2.45, 2.75) is 0 Å². The van der Waals surface area contributed by atoms with Gasteiger partial charge in [-0.2, -0.15) is 5.21 Å². The molecule has 92 valence electrons. The van der Waals surface area contributed by atoms with E-state index in [1.807, 2.05) is 0 Å². The van der Waals surface area contributed by atoms with Crippen molar-refractivity contribution in [3.63, 3.8) is 0 Å². The molecule has 0 radical (unpaired) electrons. The fraction of sp³-hybridized carbons (Fsp3) is 0. The van der Waals surface area contributed by atoms with Crippen LogP contribution in [0.25, 0.3) is 17.2 Å². The predicted molar refractivity (Wildman–Crippen MR) is 60.0 cm³/mol. The number of H-pyrrole nitrogens is 1. The standard InChI is InChI=1S/C8H7N6O3P/c15-18(16,17)7-3-1-2-6-9-5(4-14(6)7)8-10-12-13-11-8/h1-4H,(H2,15,16,17)(H,10,11,12,13). The number of imidazole rings is 1. The Bertz CT molecular complexity index is 745. The van der Waals surface area contributed by atoms with E-state index in [2.05, 4.69) is 25.6 Å². The highest BCUT2D eigenvalue weighted by Gasteiger charge is 2.21. The third-order valence-corrected chi connectivity index (χ3v) is 3.30. The minimum atomic E-state index is -4.37. The number of pyridine rings is 1. The molecule has 0 bridgehead atoms. The van der Waals surface area contributed by atoms with Crippen molar-refractivity contribution in [2.24, 2.45) is 0 Å². The topological polar surface area (TPSA) is 129 Å². The Balaban J connectivity index is 2.27. The second kappa shape index (κ2) is 3.70. The van der Waals surface area contributed by atoms with E-state index >= 15 is 0 Å². The van der Waals surface area contributed by atoms with Gasteiger partial charge in [-0.25, -0.2) is 4.98 Å². The number of aromatic amines is 1. The van der Waals surface area contributed by atoms with E-state index in [4.69, 9.17) is 0 Å². The number of hydrogen-bond acceptors (Lipinski definition) is 5. The number of nitrogens with zero attached hydrogens (tertiary/aromatic N) is 5. The second-order valence-electron chi connectivity index (χ2n) is 3.52. The van der Waals surface area contributed by atoms with Crippen LogP contribution in [0.1, 0.15) is 0 Å². The van der Waals surface area contributed by atoms with E-state index < -0.39 is 7.60 Å². The van der Waals surface area contributed by atoms with Gasteiger partial charge in [-0.15, -0.1) is 10.2 Å². The molecule has 9 nitrogen and oxygen atoms in total. The van der Waals surface area contributed by atoms with Crippen LogP contribution in [0.15, 0.2) is 24.4 Å². The molecule has 0 saturated heterocycles. The number of tetrazole rings is 1. The Morgan fingerprint density at radius 3 is 2.83 bits per heavy atom. The lowest BCUT2D eigenvalue weighted by molar-refractivity contribution is 0.386. The van der Waals surface area contributed by atoms with Gasteiger partial charge in [-0.1, -0.05) is 6.07 Å². The quantitative estimate of drug-likeness (QED) is 0.524. The molecule has 0 aromatic carbocycles. The normalized spacial score (nSPS) is 12.1. The summed E-state index contributed by atoms with van der Waals surface area (Å²) in [4.78, 5) is 22.6. The lowest BCUT2D eigenvalue weighted by Gasteiger charge is -2.05. The number of rotatable bonds is 2.